The van der Waals surface area contributed by atoms with Crippen LogP contribution >= 0.6 is 47.8 Å². The molecule has 0 aliphatic carbocycles. The summed E-state index contributed by atoms with van der Waals surface area (Å²) in [5.74, 6) is 0. The Labute approximate surface area is 134 Å². The van der Waals surface area contributed by atoms with Gasteiger partial charge in [0.25, 0.3) is 0 Å². The van der Waals surface area contributed by atoms with Gasteiger partial charge in [-0.3, -0.25) is 0 Å². The monoisotopic (exact) mass is 438 g/mol. The predicted octanol–water partition coefficient (Wildman–Crippen LogP) is 5.05. The van der Waals surface area contributed by atoms with Gasteiger partial charge in [-0.2, -0.15) is 0 Å². The van der Waals surface area contributed by atoms with E-state index in [9.17, 15) is 0 Å². The maximum atomic E-state index is 5.81. The van der Waals surface area contributed by atoms with E-state index < -0.39 is 0 Å². The fraction of sp³-hybridized carbons (Fsp3) is 0.571. The van der Waals surface area contributed by atoms with Crippen LogP contribution in [0.2, 0.25) is 0 Å². The minimum atomic E-state index is 0.121. The lowest BCUT2D eigenvalue weighted by Crippen LogP contribution is -2.34. The summed E-state index contributed by atoms with van der Waals surface area (Å²) in [6.45, 7) is 0.922. The van der Waals surface area contributed by atoms with Crippen molar-refractivity contribution in [2.24, 2.45) is 0 Å². The van der Waals surface area contributed by atoms with Crippen LogP contribution in [0.5, 0.6) is 0 Å². The third-order valence-corrected chi connectivity index (χ3v) is 6.29. The van der Waals surface area contributed by atoms with Gasteiger partial charge in [0.15, 0.2) is 0 Å². The molecule has 1 aromatic carbocycles. The lowest BCUT2D eigenvalue weighted by Gasteiger charge is -2.33. The maximum Gasteiger partial charge on any atom is 0.0585 e. The van der Waals surface area contributed by atoms with Crippen LogP contribution in [-0.2, 0) is 10.2 Å². The summed E-state index contributed by atoms with van der Waals surface area (Å²) in [6, 6.07) is 8.65. The summed E-state index contributed by atoms with van der Waals surface area (Å²) in [7, 11) is 0. The lowest BCUT2D eigenvalue weighted by atomic mass is 9.79. The smallest absolute Gasteiger partial charge is 0.0585 e. The van der Waals surface area contributed by atoms with Crippen LogP contribution in [0.15, 0.2) is 28.7 Å². The van der Waals surface area contributed by atoms with Crippen molar-refractivity contribution in [2.75, 3.05) is 17.3 Å². The molecule has 4 heteroatoms. The highest BCUT2D eigenvalue weighted by Crippen LogP contribution is 2.37. The van der Waals surface area contributed by atoms with E-state index in [0.29, 0.717) is 6.10 Å². The molecule has 1 aliphatic heterocycles. The Morgan fingerprint density at radius 1 is 1.17 bits per heavy atom. The van der Waals surface area contributed by atoms with Crippen molar-refractivity contribution < 1.29 is 4.74 Å². The molecule has 1 aliphatic rings. The summed E-state index contributed by atoms with van der Waals surface area (Å²) >= 11 is 10.9. The third kappa shape index (κ3) is 3.38. The van der Waals surface area contributed by atoms with E-state index in [2.05, 4.69) is 72.1 Å². The molecule has 0 aromatic heterocycles. The molecule has 100 valence electrons. The SMILES string of the molecule is BrCC(CBr)(CC1CCCO1)c1ccc(Br)cc1. The average molecular weight is 441 g/mol. The molecule has 1 unspecified atom stereocenters. The van der Waals surface area contributed by atoms with Gasteiger partial charge in [0.1, 0.15) is 0 Å². The summed E-state index contributed by atoms with van der Waals surface area (Å²) in [4.78, 5) is 0. The van der Waals surface area contributed by atoms with Gasteiger partial charge in [-0.25, -0.2) is 0 Å². The van der Waals surface area contributed by atoms with Gasteiger partial charge in [0.2, 0.25) is 0 Å². The van der Waals surface area contributed by atoms with Gasteiger partial charge in [0.05, 0.1) is 6.10 Å². The molecule has 0 radical (unpaired) electrons. The van der Waals surface area contributed by atoms with Gasteiger partial charge in [-0.15, -0.1) is 0 Å². The van der Waals surface area contributed by atoms with E-state index in [-0.39, 0.29) is 5.41 Å². The summed E-state index contributed by atoms with van der Waals surface area (Å²) in [5.41, 5.74) is 1.49. The van der Waals surface area contributed by atoms with Crippen LogP contribution in [0.25, 0.3) is 0 Å². The largest absolute Gasteiger partial charge is 0.378 e. The normalized spacial score (nSPS) is 20.3. The Balaban J connectivity index is 2.21. The quantitative estimate of drug-likeness (QED) is 0.582. The molecule has 1 atom stereocenters. The van der Waals surface area contributed by atoms with Crippen LogP contribution in [0.1, 0.15) is 24.8 Å². The van der Waals surface area contributed by atoms with Crippen molar-refractivity contribution >= 4 is 47.8 Å². The fourth-order valence-electron chi connectivity index (χ4n) is 2.46. The van der Waals surface area contributed by atoms with Crippen molar-refractivity contribution in [1.82, 2.24) is 0 Å². The molecule has 1 fully saturated rings. The molecule has 1 saturated heterocycles. The first-order valence-electron chi connectivity index (χ1n) is 6.20. The topological polar surface area (TPSA) is 9.23 Å². The lowest BCUT2D eigenvalue weighted by molar-refractivity contribution is 0.0892. The molecule has 0 saturated carbocycles. The second kappa shape index (κ2) is 6.87. The first kappa shape index (κ1) is 15.0. The Hall–Kier alpha value is 0.620. The second-order valence-electron chi connectivity index (χ2n) is 4.89. The van der Waals surface area contributed by atoms with E-state index >= 15 is 0 Å². The van der Waals surface area contributed by atoms with Gasteiger partial charge >= 0.3 is 0 Å². The van der Waals surface area contributed by atoms with E-state index in [1.54, 1.807) is 0 Å². The standard InChI is InChI=1S/C14H17Br3O/c15-9-14(10-16,8-13-2-1-7-18-13)11-3-5-12(17)6-4-11/h3-6,13H,1-2,7-10H2. The minimum absolute atomic E-state index is 0.121. The fourth-order valence-corrected chi connectivity index (χ4v) is 4.76. The Bertz CT molecular complexity index is 367. The highest BCUT2D eigenvalue weighted by molar-refractivity contribution is 9.10. The van der Waals surface area contributed by atoms with Crippen molar-refractivity contribution in [3.05, 3.63) is 34.3 Å². The second-order valence-corrected chi connectivity index (χ2v) is 6.93. The number of alkyl halides is 2. The molecule has 0 bridgehead atoms. The van der Waals surface area contributed by atoms with Crippen LogP contribution < -0.4 is 0 Å². The molecule has 18 heavy (non-hydrogen) atoms. The molecular formula is C14H17Br3O. The van der Waals surface area contributed by atoms with Crippen molar-refractivity contribution in [1.29, 1.82) is 0 Å². The van der Waals surface area contributed by atoms with Gasteiger partial charge in [0, 0.05) is 27.2 Å². The summed E-state index contributed by atoms with van der Waals surface area (Å²) in [6.07, 6.45) is 3.87. The minimum Gasteiger partial charge on any atom is -0.378 e. The number of halogens is 3. The molecule has 2 rings (SSSR count). The molecular weight excluding hydrogens is 424 g/mol. The van der Waals surface area contributed by atoms with Crippen LogP contribution in [0.3, 0.4) is 0 Å². The van der Waals surface area contributed by atoms with E-state index in [4.69, 9.17) is 4.74 Å². The number of rotatable bonds is 5. The molecule has 1 aromatic rings. The number of ether oxygens (including phenoxy) is 1. The summed E-state index contributed by atoms with van der Waals surface area (Å²) in [5, 5.41) is 1.90. The van der Waals surface area contributed by atoms with Gasteiger partial charge < -0.3 is 4.74 Å². The highest BCUT2D eigenvalue weighted by atomic mass is 79.9. The van der Waals surface area contributed by atoms with Crippen LogP contribution in [-0.4, -0.2) is 23.4 Å². The number of hydrogen-bond acceptors (Lipinski definition) is 1. The maximum absolute atomic E-state index is 5.81. The van der Waals surface area contributed by atoms with Crippen molar-refractivity contribution in [2.45, 2.75) is 30.8 Å². The first-order chi connectivity index (χ1) is 8.70. The van der Waals surface area contributed by atoms with E-state index in [0.717, 1.165) is 28.2 Å². The molecule has 0 N–H and O–H groups in total. The highest BCUT2D eigenvalue weighted by Gasteiger charge is 2.34. The average Bonchev–Trinajstić information content (AvgIpc) is 2.90. The molecule has 1 heterocycles. The number of hydrogen-bond donors (Lipinski definition) is 0. The molecule has 0 amide bonds. The van der Waals surface area contributed by atoms with E-state index in [1.807, 2.05) is 0 Å². The summed E-state index contributed by atoms with van der Waals surface area (Å²) < 4.78 is 6.93. The van der Waals surface area contributed by atoms with Crippen molar-refractivity contribution in [3.8, 4) is 0 Å². The predicted molar refractivity (Wildman–Crippen MR) is 87.0 cm³/mol. The molecule has 0 spiro atoms. The Kier molecular flexibility index (Phi) is 5.73. The van der Waals surface area contributed by atoms with Crippen LogP contribution in [0, 0.1) is 0 Å². The zero-order chi connectivity index (χ0) is 13.0. The zero-order valence-electron chi connectivity index (χ0n) is 10.2. The molecule has 1 nitrogen and oxygen atoms in total. The Morgan fingerprint density at radius 2 is 1.83 bits per heavy atom. The number of benzene rings is 1. The van der Waals surface area contributed by atoms with E-state index in [1.165, 1.54) is 18.4 Å². The Morgan fingerprint density at radius 3 is 2.33 bits per heavy atom. The third-order valence-electron chi connectivity index (χ3n) is 3.61. The zero-order valence-corrected chi connectivity index (χ0v) is 14.9. The van der Waals surface area contributed by atoms with Gasteiger partial charge in [-0.1, -0.05) is 59.9 Å². The first-order valence-corrected chi connectivity index (χ1v) is 9.23. The van der Waals surface area contributed by atoms with Crippen molar-refractivity contribution in [3.63, 3.8) is 0 Å². The van der Waals surface area contributed by atoms with Crippen LogP contribution in [0.4, 0.5) is 0 Å². The van der Waals surface area contributed by atoms with Gasteiger partial charge in [-0.05, 0) is 37.0 Å².